The number of anilines is 1. The van der Waals surface area contributed by atoms with Gasteiger partial charge in [-0.1, -0.05) is 60.1 Å². The van der Waals surface area contributed by atoms with Crippen LogP contribution in [0.5, 0.6) is 5.19 Å². The van der Waals surface area contributed by atoms with Gasteiger partial charge in [-0.15, -0.1) is 0 Å². The summed E-state index contributed by atoms with van der Waals surface area (Å²) in [4.78, 5) is 46.4. The highest BCUT2D eigenvalue weighted by atomic mass is 35.5. The number of benzene rings is 2. The molecule has 1 aliphatic carbocycles. The zero-order valence-corrected chi connectivity index (χ0v) is 24.6. The van der Waals surface area contributed by atoms with Gasteiger partial charge in [0, 0.05) is 23.0 Å². The van der Waals surface area contributed by atoms with Crippen molar-refractivity contribution in [2.45, 2.75) is 68.7 Å². The van der Waals surface area contributed by atoms with Gasteiger partial charge in [0.1, 0.15) is 23.7 Å². The Labute approximate surface area is 252 Å². The van der Waals surface area contributed by atoms with Crippen molar-refractivity contribution in [2.24, 2.45) is 5.92 Å². The second-order valence-electron chi connectivity index (χ2n) is 11.3. The summed E-state index contributed by atoms with van der Waals surface area (Å²) in [6.07, 6.45) is 8.10. The monoisotopic (exact) mass is 608 g/mol. The molecule has 0 radical (unpaired) electrons. The smallest absolute Gasteiger partial charge is 0.330 e. The Morgan fingerprint density at radius 1 is 1.14 bits per heavy atom. The predicted molar refractivity (Wildman–Crippen MR) is 162 cm³/mol. The van der Waals surface area contributed by atoms with Crippen LogP contribution in [0.4, 0.5) is 5.69 Å². The van der Waals surface area contributed by atoms with Gasteiger partial charge in [0.2, 0.25) is 11.8 Å². The highest BCUT2D eigenvalue weighted by Gasteiger charge is 2.61. The maximum absolute atomic E-state index is 14.2. The number of ether oxygens (including phenoxy) is 1. The number of carboxylic acid groups (broad SMARTS) is 1. The van der Waals surface area contributed by atoms with Crippen molar-refractivity contribution in [1.29, 1.82) is 0 Å². The van der Waals surface area contributed by atoms with Crippen molar-refractivity contribution in [3.63, 3.8) is 0 Å². The van der Waals surface area contributed by atoms with Gasteiger partial charge in [-0.2, -0.15) is 0 Å². The normalized spacial score (nSPS) is 29.0. The Kier molecular flexibility index (Phi) is 8.09. The summed E-state index contributed by atoms with van der Waals surface area (Å²) in [5.74, 6) is -2.03. The Morgan fingerprint density at radius 3 is 2.74 bits per heavy atom. The molecule has 1 saturated heterocycles. The molecular weight excluding hydrogens is 576 g/mol. The lowest BCUT2D eigenvalue weighted by molar-refractivity contribution is -0.145. The number of carbonyl (C=O) groups excluding carboxylic acids is 2. The van der Waals surface area contributed by atoms with Crippen LogP contribution >= 0.6 is 22.9 Å². The Morgan fingerprint density at radius 2 is 1.95 bits per heavy atom. The second-order valence-corrected chi connectivity index (χ2v) is 12.7. The maximum atomic E-state index is 14.2. The Hall–Kier alpha value is -3.63. The van der Waals surface area contributed by atoms with E-state index in [-0.39, 0.29) is 24.8 Å². The minimum absolute atomic E-state index is 0.190. The average molecular weight is 609 g/mol. The van der Waals surface area contributed by atoms with Crippen LogP contribution in [-0.2, 0) is 14.4 Å². The Balaban J connectivity index is 1.28. The molecule has 220 valence electrons. The van der Waals surface area contributed by atoms with E-state index in [1.165, 1.54) is 11.3 Å². The third-order valence-electron chi connectivity index (χ3n) is 8.35. The number of hydrogen-bond donors (Lipinski definition) is 3. The number of fused-ring (bicyclic) bond motifs is 3. The number of hydrogen-bond acceptors (Lipinski definition) is 7. The molecule has 11 heteroatoms. The van der Waals surface area contributed by atoms with Crippen molar-refractivity contribution in [3.05, 3.63) is 65.7 Å². The highest BCUT2D eigenvalue weighted by molar-refractivity contribution is 7.20. The molecule has 2 aliphatic heterocycles. The SMILES string of the molecule is O=C1N[C@]2(C(=O)O)C[C@@H]2/C=C\CCCCC[C@H](Nc2ccc(Cl)cc2)C(=O)N2C[C@H](Oc3nc4ccccc4s3)C[C@@H]12. The molecule has 0 unspecified atom stereocenters. The van der Waals surface area contributed by atoms with Gasteiger partial charge in [0.15, 0.2) is 0 Å². The van der Waals surface area contributed by atoms with Crippen molar-refractivity contribution < 1.29 is 24.2 Å². The predicted octanol–water partition coefficient (Wildman–Crippen LogP) is 5.26. The summed E-state index contributed by atoms with van der Waals surface area (Å²) in [6, 6.07) is 13.4. The van der Waals surface area contributed by atoms with Crippen LogP contribution in [0.15, 0.2) is 60.7 Å². The van der Waals surface area contributed by atoms with E-state index in [1.54, 1.807) is 17.0 Å². The van der Waals surface area contributed by atoms with Gasteiger partial charge in [-0.3, -0.25) is 9.59 Å². The first kappa shape index (κ1) is 28.5. The summed E-state index contributed by atoms with van der Waals surface area (Å²) in [6.45, 7) is 0.190. The van der Waals surface area contributed by atoms with Crippen molar-refractivity contribution in [3.8, 4) is 5.19 Å². The fourth-order valence-corrected chi connectivity index (χ4v) is 6.95. The number of nitrogens with zero attached hydrogens (tertiary/aromatic N) is 2. The average Bonchev–Trinajstić information content (AvgIpc) is 3.29. The third-order valence-corrected chi connectivity index (χ3v) is 9.53. The molecule has 3 N–H and O–H groups in total. The molecule has 0 spiro atoms. The van der Waals surface area contributed by atoms with E-state index in [0.29, 0.717) is 23.1 Å². The number of nitrogens with one attached hydrogen (secondary N) is 2. The lowest BCUT2D eigenvalue weighted by Gasteiger charge is -2.30. The molecule has 3 heterocycles. The van der Waals surface area contributed by atoms with E-state index in [9.17, 15) is 19.5 Å². The van der Waals surface area contributed by atoms with Gasteiger partial charge in [-0.05, 0) is 62.1 Å². The van der Waals surface area contributed by atoms with Crippen LogP contribution in [0.25, 0.3) is 10.2 Å². The lowest BCUT2D eigenvalue weighted by atomic mass is 10.0. The third kappa shape index (κ3) is 5.96. The molecule has 5 atom stereocenters. The molecule has 9 nitrogen and oxygen atoms in total. The minimum atomic E-state index is -1.35. The van der Waals surface area contributed by atoms with Crippen LogP contribution in [0.3, 0.4) is 0 Å². The molecular formula is C31H33ClN4O5S. The summed E-state index contributed by atoms with van der Waals surface area (Å²) in [5, 5.41) is 17.3. The molecule has 3 aromatic rings. The van der Waals surface area contributed by atoms with E-state index in [2.05, 4.69) is 15.6 Å². The van der Waals surface area contributed by atoms with Crippen molar-refractivity contribution >= 4 is 56.6 Å². The van der Waals surface area contributed by atoms with E-state index >= 15 is 0 Å². The largest absolute Gasteiger partial charge is 0.479 e. The van der Waals surface area contributed by atoms with Gasteiger partial charge >= 0.3 is 5.97 Å². The maximum Gasteiger partial charge on any atom is 0.330 e. The summed E-state index contributed by atoms with van der Waals surface area (Å²) in [7, 11) is 0. The zero-order valence-electron chi connectivity index (χ0n) is 23.0. The van der Waals surface area contributed by atoms with Gasteiger partial charge in [0.25, 0.3) is 5.19 Å². The zero-order chi connectivity index (χ0) is 29.3. The molecule has 42 heavy (non-hydrogen) atoms. The highest BCUT2D eigenvalue weighted by Crippen LogP contribution is 2.45. The molecule has 1 aromatic heterocycles. The number of allylic oxidation sites excluding steroid dienone is 1. The van der Waals surface area contributed by atoms with Crippen LogP contribution in [0.1, 0.15) is 44.9 Å². The number of halogens is 1. The number of aliphatic carboxylic acids is 1. The molecule has 0 bridgehead atoms. The van der Waals surface area contributed by atoms with Gasteiger partial charge in [0.05, 0.1) is 16.8 Å². The van der Waals surface area contributed by atoms with Crippen molar-refractivity contribution in [1.82, 2.24) is 15.2 Å². The van der Waals surface area contributed by atoms with E-state index in [1.807, 2.05) is 48.6 Å². The molecule has 2 fully saturated rings. The molecule has 2 amide bonds. The summed E-state index contributed by atoms with van der Waals surface area (Å²) >= 11 is 7.49. The van der Waals surface area contributed by atoms with Crippen LogP contribution < -0.4 is 15.4 Å². The Bertz CT molecular complexity index is 1480. The van der Waals surface area contributed by atoms with Crippen LogP contribution in [-0.4, -0.2) is 63.0 Å². The number of carbonyl (C=O) groups is 3. The standard InChI is InChI=1S/C31H33ClN4O5S/c32-20-12-14-21(15-13-20)33-24-10-5-3-1-2-4-8-19-17-31(19,29(39)40)35-27(37)25-16-22(18-36(25)28(24)38)41-30-34-23-9-6-7-11-26(23)42-30/h4,6-9,11-15,19,22,24-25,33H,1-3,5,10,16-18H2,(H,35,37)(H,39,40)/b8-4-/t19-,22+,24-,25-,31+/m0/s1. The molecule has 6 rings (SSSR count). The summed E-state index contributed by atoms with van der Waals surface area (Å²) in [5.41, 5.74) is 0.226. The van der Waals surface area contributed by atoms with Crippen LogP contribution in [0.2, 0.25) is 5.02 Å². The lowest BCUT2D eigenvalue weighted by Crippen LogP contribution is -2.55. The van der Waals surface area contributed by atoms with Crippen LogP contribution in [0, 0.1) is 5.92 Å². The second kappa shape index (κ2) is 11.9. The molecule has 2 aromatic carbocycles. The minimum Gasteiger partial charge on any atom is -0.479 e. The van der Waals surface area contributed by atoms with Gasteiger partial charge in [-0.25, -0.2) is 9.78 Å². The number of para-hydroxylation sites is 1. The number of rotatable bonds is 5. The first-order valence-electron chi connectivity index (χ1n) is 14.4. The topological polar surface area (TPSA) is 121 Å². The summed E-state index contributed by atoms with van der Waals surface area (Å²) < 4.78 is 7.23. The van der Waals surface area contributed by atoms with E-state index < -0.39 is 35.6 Å². The number of amides is 2. The first-order valence-corrected chi connectivity index (χ1v) is 15.6. The van der Waals surface area contributed by atoms with Crippen molar-refractivity contribution in [2.75, 3.05) is 11.9 Å². The number of carboxylic acids is 1. The quantitative estimate of drug-likeness (QED) is 0.338. The number of thiazole rings is 1. The van der Waals surface area contributed by atoms with E-state index in [4.69, 9.17) is 16.3 Å². The number of aromatic nitrogens is 1. The molecule has 1 saturated carbocycles. The fourth-order valence-electron chi connectivity index (χ4n) is 5.94. The first-order chi connectivity index (χ1) is 20.3. The van der Waals surface area contributed by atoms with E-state index in [0.717, 1.165) is 41.6 Å². The van der Waals surface area contributed by atoms with Gasteiger partial charge < -0.3 is 25.4 Å². The molecule has 3 aliphatic rings. The fraction of sp³-hybridized carbons (Fsp3) is 0.419.